The highest BCUT2D eigenvalue weighted by Crippen LogP contribution is 2.30. The molecule has 4 rings (SSSR count). The number of fused-ring (bicyclic) bond motifs is 1. The fourth-order valence-electron chi connectivity index (χ4n) is 3.41. The number of ether oxygens (including phenoxy) is 2. The van der Waals surface area contributed by atoms with Crippen molar-refractivity contribution in [2.75, 3.05) is 39.4 Å². The van der Waals surface area contributed by atoms with Crippen LogP contribution in [0.4, 0.5) is 9.18 Å². The Bertz CT molecular complexity index is 1040. The number of nitrogens with one attached hydrogen (secondary N) is 1. The molecule has 160 valence electrons. The number of carbonyl (C=O) groups is 1. The number of nitrogens with zero attached hydrogens (tertiary/aromatic N) is 2. The average Bonchev–Trinajstić information content (AvgIpc) is 2.77. The van der Waals surface area contributed by atoms with Crippen molar-refractivity contribution in [3.63, 3.8) is 0 Å². The van der Waals surface area contributed by atoms with Gasteiger partial charge >= 0.3 is 6.03 Å². The summed E-state index contributed by atoms with van der Waals surface area (Å²) < 4.78 is 51.5. The van der Waals surface area contributed by atoms with Gasteiger partial charge in [-0.3, -0.25) is 0 Å². The van der Waals surface area contributed by atoms with Crippen LogP contribution >= 0.6 is 0 Å². The molecule has 0 bridgehead atoms. The molecular weight excluding hydrogens is 413 g/mol. The number of sulfonamides is 1. The SMILES string of the molecule is O=C(NCc1ccc2c(c1)OCCO2)N1CCN(S(=O)(=O)c2ccccc2F)CC1. The summed E-state index contributed by atoms with van der Waals surface area (Å²) >= 11 is 0. The highest BCUT2D eigenvalue weighted by atomic mass is 32.2. The van der Waals surface area contributed by atoms with Crippen molar-refractivity contribution in [3.05, 3.63) is 53.8 Å². The van der Waals surface area contributed by atoms with Gasteiger partial charge in [-0.15, -0.1) is 0 Å². The molecule has 0 radical (unpaired) electrons. The number of piperazine rings is 1. The molecule has 2 aliphatic heterocycles. The van der Waals surface area contributed by atoms with Crippen molar-refractivity contribution in [2.24, 2.45) is 0 Å². The lowest BCUT2D eigenvalue weighted by molar-refractivity contribution is 0.170. The third kappa shape index (κ3) is 4.19. The zero-order chi connectivity index (χ0) is 21.1. The second kappa shape index (κ2) is 8.49. The van der Waals surface area contributed by atoms with E-state index in [1.165, 1.54) is 22.5 Å². The maximum atomic E-state index is 13.9. The van der Waals surface area contributed by atoms with Crippen LogP contribution < -0.4 is 14.8 Å². The minimum Gasteiger partial charge on any atom is -0.486 e. The van der Waals surface area contributed by atoms with E-state index in [1.54, 1.807) is 4.90 Å². The molecule has 1 fully saturated rings. The van der Waals surface area contributed by atoms with Crippen molar-refractivity contribution >= 4 is 16.1 Å². The van der Waals surface area contributed by atoms with Crippen LogP contribution in [0, 0.1) is 5.82 Å². The van der Waals surface area contributed by atoms with Crippen molar-refractivity contribution in [2.45, 2.75) is 11.4 Å². The van der Waals surface area contributed by atoms with E-state index in [4.69, 9.17) is 9.47 Å². The van der Waals surface area contributed by atoms with E-state index in [0.29, 0.717) is 31.3 Å². The summed E-state index contributed by atoms with van der Waals surface area (Å²) in [7, 11) is -3.93. The predicted octanol–water partition coefficient (Wildman–Crippen LogP) is 1.81. The van der Waals surface area contributed by atoms with Crippen molar-refractivity contribution in [1.29, 1.82) is 0 Å². The van der Waals surface area contributed by atoms with E-state index in [0.717, 1.165) is 11.6 Å². The minimum absolute atomic E-state index is 0.105. The molecule has 0 atom stereocenters. The summed E-state index contributed by atoms with van der Waals surface area (Å²) in [4.78, 5) is 13.7. The van der Waals surface area contributed by atoms with Gasteiger partial charge in [-0.1, -0.05) is 18.2 Å². The molecule has 1 saturated heterocycles. The van der Waals surface area contributed by atoms with E-state index >= 15 is 0 Å². The molecular formula is C20H22FN3O5S. The highest BCUT2D eigenvalue weighted by molar-refractivity contribution is 7.89. The molecule has 8 nitrogen and oxygen atoms in total. The fraction of sp³-hybridized carbons (Fsp3) is 0.350. The lowest BCUT2D eigenvalue weighted by atomic mass is 10.2. The molecule has 0 aromatic heterocycles. The number of urea groups is 1. The zero-order valence-corrected chi connectivity index (χ0v) is 17.0. The first kappa shape index (κ1) is 20.4. The Morgan fingerprint density at radius 3 is 2.43 bits per heavy atom. The molecule has 2 amide bonds. The summed E-state index contributed by atoms with van der Waals surface area (Å²) in [5, 5.41) is 2.83. The van der Waals surface area contributed by atoms with Crippen LogP contribution in [0.3, 0.4) is 0 Å². The third-order valence-corrected chi connectivity index (χ3v) is 6.96. The maximum Gasteiger partial charge on any atom is 0.317 e. The van der Waals surface area contributed by atoms with Crippen LogP contribution in [0.5, 0.6) is 11.5 Å². The summed E-state index contributed by atoms with van der Waals surface area (Å²) in [6.07, 6.45) is 0. The third-order valence-electron chi connectivity index (χ3n) is 5.03. The predicted molar refractivity (Wildman–Crippen MR) is 106 cm³/mol. The molecule has 2 aromatic rings. The van der Waals surface area contributed by atoms with Gasteiger partial charge in [-0.25, -0.2) is 17.6 Å². The molecule has 0 spiro atoms. The van der Waals surface area contributed by atoms with E-state index in [9.17, 15) is 17.6 Å². The summed E-state index contributed by atoms with van der Waals surface area (Å²) in [6.45, 7) is 1.97. The first-order valence-electron chi connectivity index (χ1n) is 9.61. The van der Waals surface area contributed by atoms with Crippen molar-refractivity contribution in [1.82, 2.24) is 14.5 Å². The van der Waals surface area contributed by atoms with Crippen LogP contribution in [0.1, 0.15) is 5.56 Å². The van der Waals surface area contributed by atoms with Crippen LogP contribution in [-0.2, 0) is 16.6 Å². The summed E-state index contributed by atoms with van der Waals surface area (Å²) in [5.74, 6) is 0.556. The number of hydrogen-bond acceptors (Lipinski definition) is 5. The lowest BCUT2D eigenvalue weighted by Crippen LogP contribution is -2.53. The molecule has 30 heavy (non-hydrogen) atoms. The number of rotatable bonds is 4. The lowest BCUT2D eigenvalue weighted by Gasteiger charge is -2.34. The normalized spacial score (nSPS) is 16.9. The molecule has 10 heteroatoms. The van der Waals surface area contributed by atoms with Gasteiger partial charge in [0.1, 0.15) is 23.9 Å². The van der Waals surface area contributed by atoms with Crippen LogP contribution in [0.15, 0.2) is 47.4 Å². The van der Waals surface area contributed by atoms with Gasteiger partial charge in [0.05, 0.1) is 0 Å². The molecule has 2 aromatic carbocycles. The molecule has 0 unspecified atom stereocenters. The van der Waals surface area contributed by atoms with Gasteiger partial charge in [-0.05, 0) is 29.8 Å². The summed E-state index contributed by atoms with van der Waals surface area (Å²) in [6, 6.07) is 10.5. The Hall–Kier alpha value is -2.85. The van der Waals surface area contributed by atoms with Gasteiger partial charge in [-0.2, -0.15) is 4.31 Å². The van der Waals surface area contributed by atoms with Crippen LogP contribution in [-0.4, -0.2) is 63.0 Å². The van der Waals surface area contributed by atoms with E-state index < -0.39 is 15.8 Å². The second-order valence-corrected chi connectivity index (χ2v) is 8.86. The quantitative estimate of drug-likeness (QED) is 0.792. The van der Waals surface area contributed by atoms with E-state index in [2.05, 4.69) is 5.32 Å². The smallest absolute Gasteiger partial charge is 0.317 e. The highest BCUT2D eigenvalue weighted by Gasteiger charge is 2.31. The zero-order valence-electron chi connectivity index (χ0n) is 16.2. The minimum atomic E-state index is -3.93. The van der Waals surface area contributed by atoms with Gasteiger partial charge in [0.2, 0.25) is 10.0 Å². The molecule has 0 aliphatic carbocycles. The molecule has 0 saturated carbocycles. The largest absolute Gasteiger partial charge is 0.486 e. The van der Waals surface area contributed by atoms with Crippen LogP contribution in [0.2, 0.25) is 0 Å². The number of amides is 2. The Morgan fingerprint density at radius 2 is 1.70 bits per heavy atom. The topological polar surface area (TPSA) is 88.2 Å². The monoisotopic (exact) mass is 435 g/mol. The van der Waals surface area contributed by atoms with E-state index in [-0.39, 0.29) is 37.1 Å². The van der Waals surface area contributed by atoms with Crippen molar-refractivity contribution in [3.8, 4) is 11.5 Å². The number of carbonyl (C=O) groups excluding carboxylic acids is 1. The number of benzene rings is 2. The Labute approximate surface area is 174 Å². The molecule has 2 aliphatic rings. The van der Waals surface area contributed by atoms with Crippen LogP contribution in [0.25, 0.3) is 0 Å². The standard InChI is InChI=1S/C20H22FN3O5S/c21-16-3-1-2-4-19(16)30(26,27)24-9-7-23(8-10-24)20(25)22-14-15-5-6-17-18(13-15)29-12-11-28-17/h1-6,13H,7-12,14H2,(H,22,25). The van der Waals surface area contributed by atoms with Gasteiger partial charge in [0.15, 0.2) is 11.5 Å². The Kier molecular flexibility index (Phi) is 5.78. The number of halogens is 1. The summed E-state index contributed by atoms with van der Waals surface area (Å²) in [5.41, 5.74) is 0.869. The molecule has 2 heterocycles. The Balaban J connectivity index is 1.32. The van der Waals surface area contributed by atoms with Crippen molar-refractivity contribution < 1.29 is 27.1 Å². The number of hydrogen-bond donors (Lipinski definition) is 1. The van der Waals surface area contributed by atoms with E-state index in [1.807, 2.05) is 18.2 Å². The van der Waals surface area contributed by atoms with Gasteiger partial charge < -0.3 is 19.7 Å². The Morgan fingerprint density at radius 1 is 1.00 bits per heavy atom. The molecule has 1 N–H and O–H groups in total. The average molecular weight is 435 g/mol. The van der Waals surface area contributed by atoms with Gasteiger partial charge in [0.25, 0.3) is 0 Å². The second-order valence-electron chi connectivity index (χ2n) is 6.96. The maximum absolute atomic E-state index is 13.9. The van der Waals surface area contributed by atoms with Gasteiger partial charge in [0, 0.05) is 32.7 Å². The fourth-order valence-corrected chi connectivity index (χ4v) is 4.90. The first-order valence-corrected chi connectivity index (χ1v) is 11.0. The first-order chi connectivity index (χ1) is 14.4.